The molecule has 8 aliphatic heterocycles. The van der Waals surface area contributed by atoms with E-state index in [9.17, 15) is 0 Å². The average Bonchev–Trinajstić information content (AvgIpc) is 1.59. The van der Waals surface area contributed by atoms with Gasteiger partial charge < -0.3 is 71.0 Å². The van der Waals surface area contributed by atoms with E-state index in [0.717, 1.165) is 212 Å². The molecule has 6 aromatic heterocycles. The lowest BCUT2D eigenvalue weighted by Gasteiger charge is -2.32. The van der Waals surface area contributed by atoms with Gasteiger partial charge in [0.2, 0.25) is 0 Å². The Morgan fingerprint density at radius 1 is 0.388 bits per heavy atom. The fourth-order valence-electron chi connectivity index (χ4n) is 15.2. The summed E-state index contributed by atoms with van der Waals surface area (Å²) in [5.41, 5.74) is 10.4. The quantitative estimate of drug-likeness (QED) is 0.0346. The van der Waals surface area contributed by atoms with E-state index in [1.165, 1.54) is 34.6 Å². The molecule has 29 nitrogen and oxygen atoms in total. The lowest BCUT2D eigenvalue weighted by Crippen LogP contribution is -2.41. The zero-order valence-electron chi connectivity index (χ0n) is 83.1. The number of para-hydroxylation sites is 3. The molecule has 0 saturated carbocycles. The highest BCUT2D eigenvalue weighted by molar-refractivity contribution is 9.18. The van der Waals surface area contributed by atoms with E-state index in [-0.39, 0.29) is 68.3 Å². The molecule has 0 aliphatic carbocycles. The summed E-state index contributed by atoms with van der Waals surface area (Å²) in [6.07, 6.45) is 4.73. The Labute approximate surface area is 857 Å². The van der Waals surface area contributed by atoms with Gasteiger partial charge in [-0.3, -0.25) is 9.98 Å². The highest BCUT2D eigenvalue weighted by Gasteiger charge is 2.64. The van der Waals surface area contributed by atoms with Gasteiger partial charge in [-0.05, 0) is 162 Å². The number of benzene rings is 5. The lowest BCUT2D eigenvalue weighted by atomic mass is 9.49. The smallest absolute Gasteiger partial charge is 0.405 e. The molecule has 8 aliphatic rings. The minimum absolute atomic E-state index is 0. The Bertz CT molecular complexity index is 5750. The van der Waals surface area contributed by atoms with Crippen LogP contribution < -0.4 is 20.3 Å². The minimum Gasteiger partial charge on any atom is -0.405 e. The number of hydrogen-bond donors (Lipinski definition) is 0. The van der Waals surface area contributed by atoms with Crippen LogP contribution in [0.3, 0.4) is 0 Å². The second kappa shape index (κ2) is 50.3. The molecule has 0 N–H and O–H groups in total. The van der Waals surface area contributed by atoms with E-state index in [1.807, 2.05) is 136 Å². The highest BCUT2D eigenvalue weighted by atomic mass is 79.9. The number of anilines is 3. The molecule has 0 unspecified atom stereocenters. The summed E-state index contributed by atoms with van der Waals surface area (Å²) in [5.74, 6) is 2.75. The zero-order chi connectivity index (χ0) is 96.7. The first-order valence-electron chi connectivity index (χ1n) is 46.9. The van der Waals surface area contributed by atoms with E-state index < -0.39 is 45.4 Å². The third kappa shape index (κ3) is 30.8. The minimum atomic E-state index is -1.10. The molecule has 5 aromatic carbocycles. The molecule has 14 heterocycles. The standard InChI is InChI=1S/C21H29N5O2Si.C19H31BN2O3Si.C16H16N4O.C13H19BrN2OSi.C12H24B2O4.C8H6BrN.C8H10ClN3O.3CH4.ClH/c1-29(2,3)13-12-28-16-26-19-7-5-4-6-17(19)21(24-26)18-14-20(23-15-22-18)25-8-10-27-11-9-25;1-18(2)19(3,4)25-20(24-18)17-15-10-8-9-11-16(15)22(21-17)14-23-12-13-26(5,6)7;1-2-4-13-12(3-1)10-17-16(13)14-9-15(19-11-18-14)20-5-7-21-8-6-20;1-18(2,3)9-8-17-10-16-12-7-5-4-6-11(12)13(14)15-16;1-9(2)10(3,4)16-13(15-9)14-17-11(5,6)12(7,8)18-14;9-8-7-4-2-1-3-6(7)5-10-8;9-7-5-8(11-6-10-7)12-1-3-13-4-2-12;;;;/h4-7,14-15H,8-13,16H2,1-3H3;8-11H,12-14H2,1-7H3;1-4,9,11H,5-8,10H2;4-7H,8-10H2,1-3H3;1-8H3;1-4H,5H2;5-6H,1-4H2;3*1H4;1H. The van der Waals surface area contributed by atoms with Crippen LogP contribution in [0.5, 0.6) is 0 Å². The summed E-state index contributed by atoms with van der Waals surface area (Å²) in [4.78, 5) is 41.2. The molecular formula is C100H148B3Br2Cl2N17O12Si3. The van der Waals surface area contributed by atoms with Crippen molar-refractivity contribution in [3.8, 4) is 11.4 Å². The molecule has 11 aromatic rings. The molecule has 6 saturated heterocycles. The number of fused-ring (bicyclic) bond motifs is 5. The Morgan fingerprint density at radius 3 is 1.18 bits per heavy atom. The van der Waals surface area contributed by atoms with Crippen molar-refractivity contribution in [2.75, 3.05) is 113 Å². The number of hydrogen-bond acceptors (Lipinski definition) is 26. The van der Waals surface area contributed by atoms with Gasteiger partial charge in [-0.2, -0.15) is 15.3 Å². The number of nitrogens with zero attached hydrogens (tertiary/aromatic N) is 17. The predicted octanol–water partition coefficient (Wildman–Crippen LogP) is 21.0. The van der Waals surface area contributed by atoms with E-state index in [1.54, 1.807) is 18.7 Å². The maximum atomic E-state index is 6.21. The number of morpholine rings is 3. The first-order chi connectivity index (χ1) is 64.0. The summed E-state index contributed by atoms with van der Waals surface area (Å²) in [6, 6.07) is 50.5. The topological polar surface area (TPSA) is 276 Å². The summed E-state index contributed by atoms with van der Waals surface area (Å²) in [7, 11) is -4.62. The Morgan fingerprint density at radius 2 is 0.734 bits per heavy atom. The van der Waals surface area contributed by atoms with E-state index in [2.05, 4.69) is 245 Å². The van der Waals surface area contributed by atoms with Crippen LogP contribution in [0, 0.1) is 0 Å². The van der Waals surface area contributed by atoms with E-state index >= 15 is 0 Å². The largest absolute Gasteiger partial charge is 0.517 e. The second-order valence-electron chi connectivity index (χ2n) is 41.1. The van der Waals surface area contributed by atoms with E-state index in [4.69, 9.17) is 78.1 Å². The van der Waals surface area contributed by atoms with Gasteiger partial charge in [-0.15, -0.1) is 12.4 Å². The fourth-order valence-corrected chi connectivity index (χ4v) is 18.6. The molecule has 0 spiro atoms. The molecule has 754 valence electrons. The number of ether oxygens (including phenoxy) is 6. The van der Waals surface area contributed by atoms with Crippen LogP contribution in [0.1, 0.15) is 133 Å². The third-order valence-corrected chi connectivity index (χ3v) is 32.1. The number of rotatable bonds is 22. The maximum absolute atomic E-state index is 6.21. The number of aliphatic imine (C=N–C) groups is 2. The van der Waals surface area contributed by atoms with Crippen LogP contribution in [-0.2, 0) is 89.6 Å². The molecule has 19 rings (SSSR count). The van der Waals surface area contributed by atoms with Crippen molar-refractivity contribution >= 4 is 167 Å². The summed E-state index contributed by atoms with van der Waals surface area (Å²) in [6.45, 7) is 60.7. The molecule has 39 heteroatoms. The van der Waals surface area contributed by atoms with Gasteiger partial charge >= 0.3 is 21.1 Å². The van der Waals surface area contributed by atoms with Gasteiger partial charge in [0.1, 0.15) is 82.3 Å². The SMILES string of the molecule is BrC1=NCc2ccccc21.C.C.C.CC1(C)OB(B2OC(C)(C)C(C)(C)O2)OC1(C)C.CC1(C)OB(c2nn(COCC[Si](C)(C)C)c3ccccc23)OC1(C)C.C[Si](C)(C)CCOCn1nc(-c2cc(N3CCOCC3)ncn2)c2ccccc21.C[Si](C)(C)CCOCn1nc(Br)c2ccccc21.Cl.Clc1cc(N2CCOCC2)ncn1.c1ccc2c(c1)CN=C2c1cc(N2CCOCC2)ncn1. The fraction of sp³-hybridized carbons (Fsp3) is 0.530. The van der Waals surface area contributed by atoms with Gasteiger partial charge in [0.05, 0.1) is 120 Å². The molecule has 0 amide bonds. The average molecular weight is 2130 g/mol. The zero-order valence-corrected chi connectivity index (χ0v) is 90.8. The van der Waals surface area contributed by atoms with Gasteiger partial charge in [-0.25, -0.2) is 43.9 Å². The van der Waals surface area contributed by atoms with Crippen molar-refractivity contribution in [1.82, 2.24) is 59.2 Å². The second-order valence-corrected chi connectivity index (χ2v) is 59.8. The van der Waals surface area contributed by atoms with Gasteiger partial charge in [0.15, 0.2) is 0 Å². The van der Waals surface area contributed by atoms with Crippen molar-refractivity contribution < 1.29 is 56.3 Å². The number of halogens is 4. The molecule has 6 fully saturated rings. The lowest BCUT2D eigenvalue weighted by molar-refractivity contribution is 0.00578. The molecule has 0 atom stereocenters. The Hall–Kier alpha value is -7.60. The van der Waals surface area contributed by atoms with E-state index in [0.29, 0.717) is 25.3 Å². The van der Waals surface area contributed by atoms with Gasteiger partial charge in [0, 0.05) is 129 Å². The molecule has 0 radical (unpaired) electrons. The first-order valence-corrected chi connectivity index (χ1v) is 59.9. The summed E-state index contributed by atoms with van der Waals surface area (Å²) < 4.78 is 77.6. The maximum Gasteiger partial charge on any atom is 0.517 e. The van der Waals surface area contributed by atoms with Gasteiger partial charge in [-0.1, -0.05) is 196 Å². The summed E-state index contributed by atoms with van der Waals surface area (Å²) in [5, 5.41) is 17.8. The van der Waals surface area contributed by atoms with Crippen LogP contribution in [-0.4, -0.2) is 247 Å². The summed E-state index contributed by atoms with van der Waals surface area (Å²) >= 11 is 12.6. The first kappa shape index (κ1) is 115. The predicted molar refractivity (Wildman–Crippen MR) is 585 cm³/mol. The highest BCUT2D eigenvalue weighted by Crippen LogP contribution is 2.44. The van der Waals surface area contributed by atoms with Crippen molar-refractivity contribution in [1.29, 1.82) is 0 Å². The van der Waals surface area contributed by atoms with Gasteiger partial charge in [0.25, 0.3) is 0 Å². The van der Waals surface area contributed by atoms with Crippen molar-refractivity contribution in [3.63, 3.8) is 0 Å². The van der Waals surface area contributed by atoms with Crippen LogP contribution in [0.2, 0.25) is 82.2 Å². The normalized spacial score (nSPS) is 17.9. The van der Waals surface area contributed by atoms with Crippen LogP contribution in [0.4, 0.5) is 17.5 Å². The van der Waals surface area contributed by atoms with Crippen LogP contribution in [0.25, 0.3) is 44.1 Å². The van der Waals surface area contributed by atoms with Crippen molar-refractivity contribution in [3.05, 3.63) is 196 Å². The van der Waals surface area contributed by atoms with Crippen LogP contribution >= 0.6 is 55.9 Å². The van der Waals surface area contributed by atoms with Crippen LogP contribution in [0.15, 0.2) is 173 Å². The van der Waals surface area contributed by atoms with Crippen molar-refractivity contribution in [2.45, 2.75) is 249 Å². The molecule has 0 bridgehead atoms. The third-order valence-electron chi connectivity index (χ3n) is 25.6. The van der Waals surface area contributed by atoms with Crippen molar-refractivity contribution in [2.24, 2.45) is 9.98 Å². The Kier molecular flexibility index (Phi) is 41.6. The Balaban J connectivity index is 0.000000184. The molecule has 139 heavy (non-hydrogen) atoms. The molecular weight excluding hydrogens is 1980 g/mol. The number of aromatic nitrogens is 12. The monoisotopic (exact) mass is 2120 g/mol.